The molecule has 1 aliphatic rings. The number of benzene rings is 1. The number of aliphatic hydroxyl groups excluding tert-OH is 1. The maximum absolute atomic E-state index is 12.3. The van der Waals surface area contributed by atoms with Gasteiger partial charge in [-0.2, -0.15) is 0 Å². The van der Waals surface area contributed by atoms with Gasteiger partial charge in [0.05, 0.1) is 24.5 Å². The molecule has 0 radical (unpaired) electrons. The second kappa shape index (κ2) is 9.11. The molecule has 30 heavy (non-hydrogen) atoms. The summed E-state index contributed by atoms with van der Waals surface area (Å²) in [5.74, 6) is 0.0573. The maximum Gasteiger partial charge on any atom is 0.271 e. The van der Waals surface area contributed by atoms with Gasteiger partial charge in [0.15, 0.2) is 9.84 Å². The number of anilines is 1. The predicted molar refractivity (Wildman–Crippen MR) is 115 cm³/mol. The SMILES string of the molecule is C[C@H](/C=C/S(C)(=O)=O)NC(=O)c1cnc(N2CC(O)CC2c2ccccc2Cl)cn1. The van der Waals surface area contributed by atoms with Crippen molar-refractivity contribution >= 4 is 33.2 Å². The summed E-state index contributed by atoms with van der Waals surface area (Å²) in [6.07, 6.45) is 5.28. The lowest BCUT2D eigenvalue weighted by Gasteiger charge is -2.26. The maximum atomic E-state index is 12.3. The summed E-state index contributed by atoms with van der Waals surface area (Å²) in [4.78, 5) is 22.8. The van der Waals surface area contributed by atoms with Crippen molar-refractivity contribution in [2.75, 3.05) is 17.7 Å². The lowest BCUT2D eigenvalue weighted by atomic mass is 10.0. The van der Waals surface area contributed by atoms with Gasteiger partial charge in [-0.15, -0.1) is 0 Å². The third-order valence-corrected chi connectivity index (χ3v) is 5.68. The topological polar surface area (TPSA) is 112 Å². The third kappa shape index (κ3) is 5.56. The molecule has 8 nitrogen and oxygen atoms in total. The van der Waals surface area contributed by atoms with Gasteiger partial charge in [-0.3, -0.25) is 4.79 Å². The van der Waals surface area contributed by atoms with E-state index in [0.29, 0.717) is 23.8 Å². The van der Waals surface area contributed by atoms with Crippen molar-refractivity contribution in [3.63, 3.8) is 0 Å². The number of nitrogens with one attached hydrogen (secondary N) is 1. The summed E-state index contributed by atoms with van der Waals surface area (Å²) in [6, 6.07) is 6.82. The first-order valence-corrected chi connectivity index (χ1v) is 11.7. The number of β-amino-alcohol motifs (C(OH)–C–C–N with tert-alkyl or cyclic N) is 1. The number of halogens is 1. The highest BCUT2D eigenvalue weighted by Crippen LogP contribution is 2.38. The van der Waals surface area contributed by atoms with E-state index in [1.54, 1.807) is 13.0 Å². The number of carbonyl (C=O) groups is 1. The van der Waals surface area contributed by atoms with Crippen LogP contribution in [0, 0.1) is 0 Å². The van der Waals surface area contributed by atoms with Gasteiger partial charge < -0.3 is 15.3 Å². The molecule has 2 unspecified atom stereocenters. The number of hydrogen-bond donors (Lipinski definition) is 2. The molecule has 1 aromatic heterocycles. The molecule has 10 heteroatoms. The van der Waals surface area contributed by atoms with Crippen LogP contribution in [0.5, 0.6) is 0 Å². The van der Waals surface area contributed by atoms with Crippen LogP contribution in [0.4, 0.5) is 5.82 Å². The first kappa shape index (κ1) is 22.2. The Morgan fingerprint density at radius 1 is 1.33 bits per heavy atom. The van der Waals surface area contributed by atoms with E-state index in [2.05, 4.69) is 15.3 Å². The number of hydrogen-bond acceptors (Lipinski definition) is 7. The molecule has 1 aromatic carbocycles. The quantitative estimate of drug-likeness (QED) is 0.693. The molecule has 160 valence electrons. The molecule has 3 atom stereocenters. The predicted octanol–water partition coefficient (Wildman–Crippen LogP) is 2.12. The Hall–Kier alpha value is -2.49. The number of aromatic nitrogens is 2. The molecule has 2 heterocycles. The third-order valence-electron chi connectivity index (χ3n) is 4.68. The average molecular weight is 451 g/mol. The van der Waals surface area contributed by atoms with E-state index < -0.39 is 27.9 Å². The van der Waals surface area contributed by atoms with Crippen LogP contribution in [0.15, 0.2) is 48.1 Å². The van der Waals surface area contributed by atoms with Crippen molar-refractivity contribution in [3.05, 3.63) is 64.4 Å². The Kier molecular flexibility index (Phi) is 6.74. The van der Waals surface area contributed by atoms with Crippen LogP contribution in [0.25, 0.3) is 0 Å². The minimum absolute atomic E-state index is 0.104. The molecule has 2 aromatic rings. The second-order valence-corrected chi connectivity index (χ2v) is 9.60. The molecular formula is C20H23ClN4O4S. The van der Waals surface area contributed by atoms with Crippen LogP contribution < -0.4 is 10.2 Å². The highest BCUT2D eigenvalue weighted by molar-refractivity contribution is 7.93. The zero-order valence-electron chi connectivity index (χ0n) is 16.6. The normalized spacial score (nSPS) is 20.5. The van der Waals surface area contributed by atoms with E-state index in [0.717, 1.165) is 17.2 Å². The monoisotopic (exact) mass is 450 g/mol. The van der Waals surface area contributed by atoms with Gasteiger partial charge in [-0.25, -0.2) is 18.4 Å². The van der Waals surface area contributed by atoms with Crippen LogP contribution in [0.3, 0.4) is 0 Å². The Bertz CT molecular complexity index is 1040. The minimum Gasteiger partial charge on any atom is -0.391 e. The Balaban J connectivity index is 1.74. The van der Waals surface area contributed by atoms with E-state index >= 15 is 0 Å². The number of amides is 1. The summed E-state index contributed by atoms with van der Waals surface area (Å²) in [7, 11) is -3.27. The molecule has 1 fully saturated rings. The number of rotatable bonds is 6. The first-order valence-electron chi connectivity index (χ1n) is 9.34. The summed E-state index contributed by atoms with van der Waals surface area (Å²) in [5, 5.41) is 14.5. The highest BCUT2D eigenvalue weighted by atomic mass is 35.5. The summed E-state index contributed by atoms with van der Waals surface area (Å²) >= 11 is 6.33. The first-order chi connectivity index (χ1) is 14.1. The van der Waals surface area contributed by atoms with Crippen molar-refractivity contribution in [1.29, 1.82) is 0 Å². The molecular weight excluding hydrogens is 428 g/mol. The van der Waals surface area contributed by atoms with Crippen molar-refractivity contribution in [1.82, 2.24) is 15.3 Å². The second-order valence-electron chi connectivity index (χ2n) is 7.26. The molecule has 1 saturated heterocycles. The zero-order chi connectivity index (χ0) is 21.9. The molecule has 0 aliphatic carbocycles. The van der Waals surface area contributed by atoms with Gasteiger partial charge in [-0.05, 0) is 25.0 Å². The average Bonchev–Trinajstić information content (AvgIpc) is 3.08. The van der Waals surface area contributed by atoms with Crippen molar-refractivity contribution in [2.24, 2.45) is 0 Å². The van der Waals surface area contributed by atoms with E-state index in [1.807, 2.05) is 23.1 Å². The van der Waals surface area contributed by atoms with Gasteiger partial charge >= 0.3 is 0 Å². The highest BCUT2D eigenvalue weighted by Gasteiger charge is 2.34. The molecule has 0 spiro atoms. The molecule has 1 aliphatic heterocycles. The zero-order valence-corrected chi connectivity index (χ0v) is 18.1. The molecule has 2 N–H and O–H groups in total. The van der Waals surface area contributed by atoms with Crippen molar-refractivity contribution in [3.8, 4) is 0 Å². The number of sulfone groups is 1. The Morgan fingerprint density at radius 2 is 2.07 bits per heavy atom. The van der Waals surface area contributed by atoms with Gasteiger partial charge in [-0.1, -0.05) is 35.9 Å². The standard InChI is InChI=1S/C20H23ClN4O4S/c1-13(7-8-30(2,28)29)24-20(27)17-10-23-19(11-22-17)25-12-14(26)9-18(25)15-5-3-4-6-16(15)21/h3-8,10-11,13-14,18,26H,9,12H2,1-2H3,(H,24,27)/b8-7+/t13-,14?,18?/m1/s1. The lowest BCUT2D eigenvalue weighted by Crippen LogP contribution is -2.32. The van der Waals surface area contributed by atoms with Crippen LogP contribution in [0.1, 0.15) is 35.4 Å². The van der Waals surface area contributed by atoms with Crippen molar-refractivity contribution < 1.29 is 18.3 Å². The Labute approximate surface area is 180 Å². The van der Waals surface area contributed by atoms with E-state index in [9.17, 15) is 18.3 Å². The lowest BCUT2D eigenvalue weighted by molar-refractivity contribution is 0.0941. The number of carbonyl (C=O) groups excluding carboxylic acids is 1. The summed E-state index contributed by atoms with van der Waals surface area (Å²) in [5.41, 5.74) is 0.998. The van der Waals surface area contributed by atoms with Crippen LogP contribution in [0.2, 0.25) is 5.02 Å². The summed E-state index contributed by atoms with van der Waals surface area (Å²) in [6.45, 7) is 2.03. The smallest absolute Gasteiger partial charge is 0.271 e. The fourth-order valence-electron chi connectivity index (χ4n) is 3.28. The largest absolute Gasteiger partial charge is 0.391 e. The summed E-state index contributed by atoms with van der Waals surface area (Å²) < 4.78 is 22.4. The van der Waals surface area contributed by atoms with Gasteiger partial charge in [0.1, 0.15) is 11.5 Å². The number of nitrogens with zero attached hydrogens (tertiary/aromatic N) is 3. The fourth-order valence-corrected chi connectivity index (χ4v) is 4.07. The molecule has 3 rings (SSSR count). The van der Waals surface area contributed by atoms with Crippen molar-refractivity contribution in [2.45, 2.75) is 31.5 Å². The molecule has 0 bridgehead atoms. The molecule has 0 saturated carbocycles. The molecule has 1 amide bonds. The van der Waals surface area contributed by atoms with Gasteiger partial charge in [0, 0.05) is 29.3 Å². The number of aliphatic hydroxyl groups is 1. The van der Waals surface area contributed by atoms with Crippen LogP contribution in [-0.2, 0) is 9.84 Å². The Morgan fingerprint density at radius 3 is 2.70 bits per heavy atom. The van der Waals surface area contributed by atoms with Gasteiger partial charge in [0.2, 0.25) is 0 Å². The fraction of sp³-hybridized carbons (Fsp3) is 0.350. The van der Waals surface area contributed by atoms with E-state index in [4.69, 9.17) is 11.6 Å². The van der Waals surface area contributed by atoms with Gasteiger partial charge in [0.25, 0.3) is 5.91 Å². The van der Waals surface area contributed by atoms with E-state index in [-0.39, 0.29) is 11.7 Å². The van der Waals surface area contributed by atoms with Crippen LogP contribution in [-0.4, -0.2) is 54.3 Å². The minimum atomic E-state index is -3.27. The van der Waals surface area contributed by atoms with Crippen LogP contribution >= 0.6 is 11.6 Å². The van der Waals surface area contributed by atoms with E-state index in [1.165, 1.54) is 18.5 Å².